The molecular weight excluding hydrogens is 284 g/mol. The van der Waals surface area contributed by atoms with Crippen molar-refractivity contribution in [2.75, 3.05) is 0 Å². The Morgan fingerprint density at radius 1 is 1.00 bits per heavy atom. The number of aliphatic carboxylic acids is 1. The molecule has 0 radical (unpaired) electrons. The molecule has 0 unspecified atom stereocenters. The van der Waals surface area contributed by atoms with Gasteiger partial charge < -0.3 is 13.9 Å². The molecule has 2 aromatic heterocycles. The Hall–Kier alpha value is -2.56. The number of carbonyl (C=O) groups is 1. The maximum atomic E-state index is 11.9. The fourth-order valence-electron chi connectivity index (χ4n) is 2.85. The van der Waals surface area contributed by atoms with Gasteiger partial charge in [-0.05, 0) is 39.3 Å². The zero-order chi connectivity index (χ0) is 16.2. The number of benzene rings is 1. The van der Waals surface area contributed by atoms with E-state index in [9.17, 15) is 9.59 Å². The van der Waals surface area contributed by atoms with Crippen LogP contribution in [0.2, 0.25) is 0 Å². The Balaban J connectivity index is 2.50. The summed E-state index contributed by atoms with van der Waals surface area (Å²) in [7, 11) is 0. The topological polar surface area (TPSA) is 80.7 Å². The van der Waals surface area contributed by atoms with Gasteiger partial charge in [-0.2, -0.15) is 0 Å². The second-order valence-corrected chi connectivity index (χ2v) is 5.60. The fourth-order valence-corrected chi connectivity index (χ4v) is 2.85. The molecule has 0 amide bonds. The van der Waals surface area contributed by atoms with E-state index in [1.165, 1.54) is 0 Å². The van der Waals surface area contributed by atoms with E-state index in [1.54, 1.807) is 13.8 Å². The van der Waals surface area contributed by atoms with E-state index in [1.807, 2.05) is 19.9 Å². The summed E-state index contributed by atoms with van der Waals surface area (Å²) < 4.78 is 11.1. The van der Waals surface area contributed by atoms with E-state index in [0.717, 1.165) is 16.3 Å². The molecule has 0 spiro atoms. The van der Waals surface area contributed by atoms with Crippen molar-refractivity contribution in [3.63, 3.8) is 0 Å². The lowest BCUT2D eigenvalue weighted by atomic mass is 9.99. The van der Waals surface area contributed by atoms with Gasteiger partial charge in [0.25, 0.3) is 0 Å². The zero-order valence-corrected chi connectivity index (χ0v) is 12.9. The first-order chi connectivity index (χ1) is 10.3. The summed E-state index contributed by atoms with van der Waals surface area (Å²) in [6.45, 7) is 7.15. The van der Waals surface area contributed by atoms with Crippen molar-refractivity contribution in [1.29, 1.82) is 0 Å². The second-order valence-electron chi connectivity index (χ2n) is 5.60. The molecule has 0 aliphatic rings. The molecule has 0 aliphatic heterocycles. The highest BCUT2D eigenvalue weighted by atomic mass is 16.4. The highest BCUT2D eigenvalue weighted by Gasteiger charge is 2.20. The van der Waals surface area contributed by atoms with Gasteiger partial charge in [-0.25, -0.2) is 4.79 Å². The summed E-state index contributed by atoms with van der Waals surface area (Å²) in [5.41, 5.74) is 3.50. The number of carboxylic acids is 1. The van der Waals surface area contributed by atoms with Gasteiger partial charge in [0.1, 0.15) is 16.9 Å². The number of hydrogen-bond acceptors (Lipinski definition) is 4. The minimum atomic E-state index is -0.906. The van der Waals surface area contributed by atoms with Gasteiger partial charge >= 0.3 is 11.6 Å². The third kappa shape index (κ3) is 1.93. The number of fused-ring (bicyclic) bond motifs is 2. The summed E-state index contributed by atoms with van der Waals surface area (Å²) in [4.78, 5) is 23.0. The number of rotatable bonds is 2. The van der Waals surface area contributed by atoms with E-state index in [0.29, 0.717) is 33.6 Å². The second kappa shape index (κ2) is 4.73. The van der Waals surface area contributed by atoms with Crippen molar-refractivity contribution >= 4 is 27.9 Å². The summed E-state index contributed by atoms with van der Waals surface area (Å²) in [5, 5.41) is 10.7. The lowest BCUT2D eigenvalue weighted by Gasteiger charge is -2.07. The third-order valence-corrected chi connectivity index (χ3v) is 4.26. The average molecular weight is 300 g/mol. The van der Waals surface area contributed by atoms with Crippen molar-refractivity contribution in [3.8, 4) is 0 Å². The highest BCUT2D eigenvalue weighted by molar-refractivity contribution is 6.01. The SMILES string of the molecule is Cc1oc2c(C)c3oc(=O)c(C)c(C)c3cc2c1CC(=O)O. The van der Waals surface area contributed by atoms with E-state index in [2.05, 4.69) is 0 Å². The van der Waals surface area contributed by atoms with Crippen LogP contribution in [0.3, 0.4) is 0 Å². The van der Waals surface area contributed by atoms with E-state index >= 15 is 0 Å². The first-order valence-electron chi connectivity index (χ1n) is 6.98. The van der Waals surface area contributed by atoms with Gasteiger partial charge in [-0.3, -0.25) is 4.79 Å². The minimum absolute atomic E-state index is 0.0986. The molecule has 5 heteroatoms. The molecule has 114 valence electrons. The van der Waals surface area contributed by atoms with Crippen LogP contribution in [-0.2, 0) is 11.2 Å². The largest absolute Gasteiger partial charge is 0.481 e. The van der Waals surface area contributed by atoms with Crippen LogP contribution in [0.15, 0.2) is 19.7 Å². The average Bonchev–Trinajstić information content (AvgIpc) is 2.75. The Morgan fingerprint density at radius 2 is 1.64 bits per heavy atom. The minimum Gasteiger partial charge on any atom is -0.481 e. The lowest BCUT2D eigenvalue weighted by molar-refractivity contribution is -0.136. The summed E-state index contributed by atoms with van der Waals surface area (Å²) in [5.74, 6) is -0.330. The van der Waals surface area contributed by atoms with Gasteiger partial charge in [0, 0.05) is 27.5 Å². The molecule has 0 saturated carbocycles. The van der Waals surface area contributed by atoms with E-state index < -0.39 is 5.97 Å². The smallest absolute Gasteiger partial charge is 0.339 e. The molecule has 1 N–H and O–H groups in total. The van der Waals surface area contributed by atoms with Crippen LogP contribution in [0, 0.1) is 27.7 Å². The highest BCUT2D eigenvalue weighted by Crippen LogP contribution is 2.34. The molecule has 5 nitrogen and oxygen atoms in total. The first kappa shape index (κ1) is 14.4. The van der Waals surface area contributed by atoms with Crippen molar-refractivity contribution in [1.82, 2.24) is 0 Å². The standard InChI is InChI=1S/C17H16O5/c1-7-8(2)17(20)22-15-9(3)16-13(5-11(7)15)12(6-14(18)19)10(4)21-16/h5H,6H2,1-4H3,(H,18,19). The Labute approximate surface area is 126 Å². The molecular formula is C17H16O5. The lowest BCUT2D eigenvalue weighted by Crippen LogP contribution is -2.06. The quantitative estimate of drug-likeness (QED) is 0.734. The van der Waals surface area contributed by atoms with Gasteiger partial charge in [-0.1, -0.05) is 0 Å². The summed E-state index contributed by atoms with van der Waals surface area (Å²) in [6.07, 6.45) is -0.0986. The molecule has 22 heavy (non-hydrogen) atoms. The van der Waals surface area contributed by atoms with Gasteiger partial charge in [-0.15, -0.1) is 0 Å². The van der Waals surface area contributed by atoms with Gasteiger partial charge in [0.05, 0.1) is 6.42 Å². The molecule has 3 rings (SSSR count). The van der Waals surface area contributed by atoms with Gasteiger partial charge in [0.2, 0.25) is 0 Å². The monoisotopic (exact) mass is 300 g/mol. The van der Waals surface area contributed by atoms with Crippen LogP contribution < -0.4 is 5.63 Å². The molecule has 0 atom stereocenters. The molecule has 3 aromatic rings. The maximum absolute atomic E-state index is 11.9. The molecule has 0 bridgehead atoms. The summed E-state index contributed by atoms with van der Waals surface area (Å²) in [6, 6.07) is 1.86. The molecule has 0 saturated heterocycles. The first-order valence-corrected chi connectivity index (χ1v) is 6.98. The van der Waals surface area contributed by atoms with E-state index in [4.69, 9.17) is 13.9 Å². The number of aryl methyl sites for hydroxylation is 3. The molecule has 0 fully saturated rings. The fraction of sp³-hybridized carbons (Fsp3) is 0.294. The van der Waals surface area contributed by atoms with Crippen LogP contribution in [0.4, 0.5) is 0 Å². The molecule has 2 heterocycles. The van der Waals surface area contributed by atoms with Crippen molar-refractivity contribution in [3.05, 3.63) is 44.5 Å². The van der Waals surface area contributed by atoms with Crippen molar-refractivity contribution < 1.29 is 18.7 Å². The predicted octanol–water partition coefficient (Wildman–Crippen LogP) is 3.40. The van der Waals surface area contributed by atoms with Crippen LogP contribution in [0.1, 0.15) is 28.0 Å². The predicted molar refractivity (Wildman–Crippen MR) is 82.5 cm³/mol. The van der Waals surface area contributed by atoms with Crippen molar-refractivity contribution in [2.45, 2.75) is 34.1 Å². The van der Waals surface area contributed by atoms with Crippen LogP contribution in [0.25, 0.3) is 21.9 Å². The summed E-state index contributed by atoms with van der Waals surface area (Å²) >= 11 is 0. The number of carboxylic acid groups (broad SMARTS) is 1. The Kier molecular flexibility index (Phi) is 3.09. The Morgan fingerprint density at radius 3 is 2.27 bits per heavy atom. The zero-order valence-electron chi connectivity index (χ0n) is 12.9. The normalized spacial score (nSPS) is 11.5. The Bertz CT molecular complexity index is 988. The number of hydrogen-bond donors (Lipinski definition) is 1. The maximum Gasteiger partial charge on any atom is 0.339 e. The van der Waals surface area contributed by atoms with Crippen molar-refractivity contribution in [2.24, 2.45) is 0 Å². The third-order valence-electron chi connectivity index (χ3n) is 4.26. The number of furan rings is 1. The van der Waals surface area contributed by atoms with E-state index in [-0.39, 0.29) is 12.0 Å². The molecule has 0 aliphatic carbocycles. The van der Waals surface area contributed by atoms with Crippen LogP contribution >= 0.6 is 0 Å². The van der Waals surface area contributed by atoms with Crippen LogP contribution in [-0.4, -0.2) is 11.1 Å². The molecule has 1 aromatic carbocycles. The van der Waals surface area contributed by atoms with Crippen LogP contribution in [0.5, 0.6) is 0 Å². The van der Waals surface area contributed by atoms with Gasteiger partial charge in [0.15, 0.2) is 0 Å².